The van der Waals surface area contributed by atoms with E-state index < -0.39 is 6.03 Å². The fraction of sp³-hybridized carbons (Fsp3) is 0.0769. The summed E-state index contributed by atoms with van der Waals surface area (Å²) in [6.07, 6.45) is 1.55. The van der Waals surface area contributed by atoms with Gasteiger partial charge >= 0.3 is 6.03 Å². The molecular weight excluding hydrogens is 230 g/mol. The number of carbonyl (C=O) groups excluding carboxylic acids is 1. The highest BCUT2D eigenvalue weighted by molar-refractivity contribution is 5.97. The van der Waals surface area contributed by atoms with Crippen LogP contribution in [0.3, 0.4) is 0 Å². The van der Waals surface area contributed by atoms with E-state index in [1.165, 1.54) is 0 Å². The minimum atomic E-state index is -0.396. The zero-order valence-corrected chi connectivity index (χ0v) is 9.88. The maximum atomic E-state index is 11.5. The predicted octanol–water partition coefficient (Wildman–Crippen LogP) is 2.83. The Kier molecular flexibility index (Phi) is 3.76. The molecule has 5 heteroatoms. The number of amides is 2. The summed E-state index contributed by atoms with van der Waals surface area (Å²) in [4.78, 5) is 11.5. The first-order chi connectivity index (χ1) is 8.75. The van der Waals surface area contributed by atoms with Gasteiger partial charge in [0.25, 0.3) is 0 Å². The highest BCUT2D eigenvalue weighted by atomic mass is 16.3. The number of para-hydroxylation sites is 1. The molecule has 0 aliphatic carbocycles. The standard InChI is InChI=1S/C13H13N3O2/c1-10(12-8-5-9-18-12)15-16-13(17)14-11-6-3-2-4-7-11/h2-9H,1H3,(H2,14,16,17). The number of hydrazone groups is 1. The molecule has 1 aromatic carbocycles. The molecule has 0 radical (unpaired) electrons. The second kappa shape index (κ2) is 5.67. The lowest BCUT2D eigenvalue weighted by Crippen LogP contribution is -2.25. The molecule has 92 valence electrons. The van der Waals surface area contributed by atoms with Crippen LogP contribution in [0.1, 0.15) is 12.7 Å². The number of hydrogen-bond donors (Lipinski definition) is 2. The van der Waals surface area contributed by atoms with Gasteiger partial charge in [-0.3, -0.25) is 0 Å². The van der Waals surface area contributed by atoms with Crippen molar-refractivity contribution < 1.29 is 9.21 Å². The molecule has 0 aliphatic rings. The second-order valence-electron chi connectivity index (χ2n) is 3.61. The Balaban J connectivity index is 1.91. The number of urea groups is 1. The van der Waals surface area contributed by atoms with Crippen LogP contribution in [0.25, 0.3) is 0 Å². The van der Waals surface area contributed by atoms with Crippen molar-refractivity contribution in [2.45, 2.75) is 6.92 Å². The third kappa shape index (κ3) is 3.21. The Morgan fingerprint density at radius 3 is 2.61 bits per heavy atom. The van der Waals surface area contributed by atoms with E-state index in [0.29, 0.717) is 17.2 Å². The third-order valence-electron chi connectivity index (χ3n) is 2.23. The molecule has 2 N–H and O–H groups in total. The molecule has 5 nitrogen and oxygen atoms in total. The molecule has 0 aliphatic heterocycles. The van der Waals surface area contributed by atoms with Crippen molar-refractivity contribution in [2.75, 3.05) is 5.32 Å². The number of rotatable bonds is 3. The van der Waals surface area contributed by atoms with Gasteiger partial charge in [-0.2, -0.15) is 5.10 Å². The first-order valence-electron chi connectivity index (χ1n) is 5.46. The van der Waals surface area contributed by atoms with E-state index in [2.05, 4.69) is 15.8 Å². The molecule has 0 atom stereocenters. The van der Waals surface area contributed by atoms with Crippen LogP contribution in [0.4, 0.5) is 10.5 Å². The molecule has 0 unspecified atom stereocenters. The lowest BCUT2D eigenvalue weighted by Gasteiger charge is -2.04. The van der Waals surface area contributed by atoms with Crippen molar-refractivity contribution in [1.29, 1.82) is 0 Å². The van der Waals surface area contributed by atoms with Gasteiger partial charge < -0.3 is 9.73 Å². The number of carbonyl (C=O) groups is 1. The summed E-state index contributed by atoms with van der Waals surface area (Å²) >= 11 is 0. The van der Waals surface area contributed by atoms with Crippen molar-refractivity contribution >= 4 is 17.4 Å². The number of benzene rings is 1. The van der Waals surface area contributed by atoms with Gasteiger partial charge in [-0.25, -0.2) is 10.2 Å². The fourth-order valence-corrected chi connectivity index (χ4v) is 1.35. The second-order valence-corrected chi connectivity index (χ2v) is 3.61. The monoisotopic (exact) mass is 243 g/mol. The molecule has 2 rings (SSSR count). The topological polar surface area (TPSA) is 66.6 Å². The van der Waals surface area contributed by atoms with Crippen LogP contribution in [0.15, 0.2) is 58.2 Å². The van der Waals surface area contributed by atoms with E-state index in [1.807, 2.05) is 18.2 Å². The van der Waals surface area contributed by atoms with Gasteiger partial charge in [-0.05, 0) is 31.2 Å². The van der Waals surface area contributed by atoms with Crippen molar-refractivity contribution in [3.05, 3.63) is 54.5 Å². The van der Waals surface area contributed by atoms with E-state index in [0.717, 1.165) is 0 Å². The first-order valence-corrected chi connectivity index (χ1v) is 5.46. The molecule has 0 spiro atoms. The van der Waals surface area contributed by atoms with Crippen LogP contribution in [0, 0.1) is 0 Å². The van der Waals surface area contributed by atoms with Gasteiger partial charge in [-0.15, -0.1) is 0 Å². The first kappa shape index (κ1) is 11.9. The average molecular weight is 243 g/mol. The molecule has 0 fully saturated rings. The van der Waals surface area contributed by atoms with Crippen LogP contribution < -0.4 is 10.7 Å². The van der Waals surface area contributed by atoms with Gasteiger partial charge in [0, 0.05) is 5.69 Å². The Hall–Kier alpha value is -2.56. The molecule has 0 bridgehead atoms. The summed E-state index contributed by atoms with van der Waals surface area (Å²) in [5, 5.41) is 6.58. The van der Waals surface area contributed by atoms with E-state index in [1.54, 1.807) is 37.5 Å². The molecule has 18 heavy (non-hydrogen) atoms. The van der Waals surface area contributed by atoms with E-state index in [4.69, 9.17) is 4.42 Å². The van der Waals surface area contributed by atoms with Gasteiger partial charge in [0.05, 0.1) is 6.26 Å². The van der Waals surface area contributed by atoms with Crippen LogP contribution in [0.2, 0.25) is 0 Å². The van der Waals surface area contributed by atoms with Gasteiger partial charge in [0.1, 0.15) is 11.5 Å². The Morgan fingerprint density at radius 1 is 1.17 bits per heavy atom. The van der Waals surface area contributed by atoms with E-state index >= 15 is 0 Å². The zero-order valence-electron chi connectivity index (χ0n) is 9.88. The quantitative estimate of drug-likeness (QED) is 0.643. The molecule has 0 saturated heterocycles. The smallest absolute Gasteiger partial charge is 0.339 e. The fourth-order valence-electron chi connectivity index (χ4n) is 1.35. The molecule has 1 aromatic heterocycles. The van der Waals surface area contributed by atoms with Crippen LogP contribution in [-0.4, -0.2) is 11.7 Å². The maximum Gasteiger partial charge on any atom is 0.339 e. The summed E-state index contributed by atoms with van der Waals surface area (Å²) in [5.41, 5.74) is 3.71. The third-order valence-corrected chi connectivity index (χ3v) is 2.23. The van der Waals surface area contributed by atoms with Crippen LogP contribution in [-0.2, 0) is 0 Å². The Morgan fingerprint density at radius 2 is 1.94 bits per heavy atom. The largest absolute Gasteiger partial charge is 0.463 e. The Bertz CT molecular complexity index is 533. The normalized spacial score (nSPS) is 11.1. The van der Waals surface area contributed by atoms with Crippen molar-refractivity contribution in [3.8, 4) is 0 Å². The van der Waals surface area contributed by atoms with Crippen molar-refractivity contribution in [2.24, 2.45) is 5.10 Å². The number of nitrogens with zero attached hydrogens (tertiary/aromatic N) is 1. The molecule has 1 heterocycles. The van der Waals surface area contributed by atoms with Crippen LogP contribution >= 0.6 is 0 Å². The lowest BCUT2D eigenvalue weighted by atomic mass is 10.3. The minimum Gasteiger partial charge on any atom is -0.463 e. The van der Waals surface area contributed by atoms with Crippen molar-refractivity contribution in [3.63, 3.8) is 0 Å². The average Bonchev–Trinajstić information content (AvgIpc) is 2.91. The predicted molar refractivity (Wildman–Crippen MR) is 69.5 cm³/mol. The van der Waals surface area contributed by atoms with E-state index in [9.17, 15) is 4.79 Å². The maximum absolute atomic E-state index is 11.5. The highest BCUT2D eigenvalue weighted by Gasteiger charge is 2.02. The summed E-state index contributed by atoms with van der Waals surface area (Å²) in [6.45, 7) is 1.75. The molecular formula is C13H13N3O2. The molecule has 2 amide bonds. The number of hydrogen-bond acceptors (Lipinski definition) is 3. The van der Waals surface area contributed by atoms with Gasteiger partial charge in [0.15, 0.2) is 0 Å². The zero-order chi connectivity index (χ0) is 12.8. The summed E-state index contributed by atoms with van der Waals surface area (Å²) in [5.74, 6) is 0.620. The number of nitrogens with one attached hydrogen (secondary N) is 2. The number of anilines is 1. The summed E-state index contributed by atoms with van der Waals surface area (Å²) in [7, 11) is 0. The SMILES string of the molecule is CC(=NNC(=O)Nc1ccccc1)c1ccco1. The molecule has 0 saturated carbocycles. The highest BCUT2D eigenvalue weighted by Crippen LogP contribution is 2.04. The molecule has 2 aromatic rings. The van der Waals surface area contributed by atoms with Gasteiger partial charge in [-0.1, -0.05) is 18.2 Å². The summed E-state index contributed by atoms with van der Waals surface area (Å²) in [6, 6.07) is 12.3. The lowest BCUT2D eigenvalue weighted by molar-refractivity contribution is 0.252. The van der Waals surface area contributed by atoms with Gasteiger partial charge in [0.2, 0.25) is 0 Å². The Labute approximate surface area is 105 Å². The van der Waals surface area contributed by atoms with Crippen LogP contribution in [0.5, 0.6) is 0 Å². The minimum absolute atomic E-state index is 0.396. The number of furan rings is 1. The summed E-state index contributed by atoms with van der Waals surface area (Å²) < 4.78 is 5.14. The van der Waals surface area contributed by atoms with Crippen molar-refractivity contribution in [1.82, 2.24) is 5.43 Å². The van der Waals surface area contributed by atoms with E-state index in [-0.39, 0.29) is 0 Å².